The van der Waals surface area contributed by atoms with Crippen molar-refractivity contribution in [2.45, 2.75) is 11.3 Å². The summed E-state index contributed by atoms with van der Waals surface area (Å²) in [6, 6.07) is 10.1. The summed E-state index contributed by atoms with van der Waals surface area (Å²) in [5, 5.41) is 3.22. The van der Waals surface area contributed by atoms with Crippen molar-refractivity contribution in [1.29, 1.82) is 0 Å². The Morgan fingerprint density at radius 3 is 2.70 bits per heavy atom. The summed E-state index contributed by atoms with van der Waals surface area (Å²) in [4.78, 5) is 0.259. The summed E-state index contributed by atoms with van der Waals surface area (Å²) in [7, 11) is -3.64. The Morgan fingerprint density at radius 1 is 1.00 bits per heavy atom. The topological polar surface area (TPSA) is 76.7 Å². The average molecular weight is 332 g/mol. The van der Waals surface area contributed by atoms with Gasteiger partial charge in [0.05, 0.1) is 10.6 Å². The number of sulfonamides is 1. The van der Waals surface area contributed by atoms with Crippen LogP contribution in [0.15, 0.2) is 41.3 Å². The minimum Gasteiger partial charge on any atom is -0.486 e. The van der Waals surface area contributed by atoms with Crippen molar-refractivity contribution < 1.29 is 17.9 Å². The molecular weight excluding hydrogens is 316 g/mol. The third-order valence-electron chi connectivity index (χ3n) is 3.89. The van der Waals surface area contributed by atoms with E-state index in [1.54, 1.807) is 36.4 Å². The second-order valence-corrected chi connectivity index (χ2v) is 7.14. The van der Waals surface area contributed by atoms with Crippen molar-refractivity contribution in [2.75, 3.05) is 29.8 Å². The molecule has 0 bridgehead atoms. The van der Waals surface area contributed by atoms with E-state index in [-0.39, 0.29) is 4.90 Å². The van der Waals surface area contributed by atoms with E-state index in [1.165, 1.54) is 0 Å². The summed E-state index contributed by atoms with van der Waals surface area (Å²) in [6.07, 6.45) is 0.836. The van der Waals surface area contributed by atoms with E-state index in [9.17, 15) is 8.42 Å². The van der Waals surface area contributed by atoms with Crippen LogP contribution in [-0.4, -0.2) is 28.2 Å². The van der Waals surface area contributed by atoms with Crippen molar-refractivity contribution in [3.8, 4) is 11.5 Å². The second kappa shape index (κ2) is 5.34. The Kier molecular flexibility index (Phi) is 3.30. The summed E-state index contributed by atoms with van der Waals surface area (Å²) in [5.74, 6) is 1.18. The number of hydrogen-bond acceptors (Lipinski definition) is 5. The number of nitrogens with one attached hydrogen (secondary N) is 2. The zero-order valence-corrected chi connectivity index (χ0v) is 13.2. The maximum atomic E-state index is 12.6. The smallest absolute Gasteiger partial charge is 0.261 e. The molecule has 0 unspecified atom stereocenters. The molecule has 0 saturated heterocycles. The van der Waals surface area contributed by atoms with Crippen LogP contribution >= 0.6 is 0 Å². The molecule has 0 spiro atoms. The van der Waals surface area contributed by atoms with Crippen molar-refractivity contribution >= 4 is 21.4 Å². The molecule has 0 aromatic heterocycles. The van der Waals surface area contributed by atoms with Gasteiger partial charge in [0, 0.05) is 18.3 Å². The van der Waals surface area contributed by atoms with Crippen LogP contribution < -0.4 is 19.5 Å². The molecule has 7 heteroatoms. The molecule has 2 N–H and O–H groups in total. The highest BCUT2D eigenvalue weighted by molar-refractivity contribution is 7.92. The van der Waals surface area contributed by atoms with E-state index >= 15 is 0 Å². The molecule has 0 atom stereocenters. The second-order valence-electron chi connectivity index (χ2n) is 5.46. The van der Waals surface area contributed by atoms with Crippen molar-refractivity contribution in [2.24, 2.45) is 0 Å². The molecular formula is C16H16N2O4S. The van der Waals surface area contributed by atoms with Crippen LogP contribution in [0.25, 0.3) is 0 Å². The number of hydrogen-bond donors (Lipinski definition) is 2. The van der Waals surface area contributed by atoms with E-state index in [1.807, 2.05) is 0 Å². The number of anilines is 2. The first kappa shape index (κ1) is 14.2. The van der Waals surface area contributed by atoms with Gasteiger partial charge in [0.2, 0.25) is 0 Å². The highest BCUT2D eigenvalue weighted by Gasteiger charge is 2.19. The molecule has 0 saturated carbocycles. The molecule has 2 aromatic rings. The summed E-state index contributed by atoms with van der Waals surface area (Å²) < 4.78 is 38.6. The van der Waals surface area contributed by atoms with E-state index in [4.69, 9.17) is 9.47 Å². The molecule has 23 heavy (non-hydrogen) atoms. The zero-order valence-electron chi connectivity index (χ0n) is 12.3. The predicted molar refractivity (Wildman–Crippen MR) is 86.9 cm³/mol. The van der Waals surface area contributed by atoms with E-state index in [0.29, 0.717) is 30.4 Å². The SMILES string of the molecule is O=S(=O)(Nc1ccc2c(c1)OCCO2)c1ccc2c(c1)CCN2. The van der Waals surface area contributed by atoms with Crippen LogP contribution in [0.2, 0.25) is 0 Å². The van der Waals surface area contributed by atoms with Gasteiger partial charge in [-0.15, -0.1) is 0 Å². The largest absolute Gasteiger partial charge is 0.486 e. The Bertz CT molecular complexity index is 864. The van der Waals surface area contributed by atoms with Gasteiger partial charge in [-0.05, 0) is 42.3 Å². The maximum absolute atomic E-state index is 12.6. The number of benzene rings is 2. The lowest BCUT2D eigenvalue weighted by atomic mass is 10.2. The Balaban J connectivity index is 1.62. The van der Waals surface area contributed by atoms with Gasteiger partial charge in [0.15, 0.2) is 11.5 Å². The van der Waals surface area contributed by atoms with Gasteiger partial charge in [-0.3, -0.25) is 4.72 Å². The monoisotopic (exact) mass is 332 g/mol. The Labute approximate surface area is 134 Å². The first-order chi connectivity index (χ1) is 11.1. The van der Waals surface area contributed by atoms with Crippen LogP contribution in [0.4, 0.5) is 11.4 Å². The van der Waals surface area contributed by atoms with Gasteiger partial charge in [0.1, 0.15) is 13.2 Å². The van der Waals surface area contributed by atoms with E-state index in [0.717, 1.165) is 24.2 Å². The van der Waals surface area contributed by atoms with Crippen LogP contribution in [-0.2, 0) is 16.4 Å². The predicted octanol–water partition coefficient (Wildman–Crippen LogP) is 2.23. The fraction of sp³-hybridized carbons (Fsp3) is 0.250. The van der Waals surface area contributed by atoms with Gasteiger partial charge in [-0.25, -0.2) is 8.42 Å². The van der Waals surface area contributed by atoms with Crippen molar-refractivity contribution in [3.05, 3.63) is 42.0 Å². The maximum Gasteiger partial charge on any atom is 0.261 e. The van der Waals surface area contributed by atoms with Gasteiger partial charge < -0.3 is 14.8 Å². The highest BCUT2D eigenvalue weighted by atomic mass is 32.2. The molecule has 0 amide bonds. The standard InChI is InChI=1S/C16H16N2O4S/c19-23(20,13-2-3-14-11(9-13)5-6-17-14)18-12-1-4-15-16(10-12)22-8-7-21-15/h1-4,9-10,17-18H,5-8H2. The van der Waals surface area contributed by atoms with Gasteiger partial charge in [-0.1, -0.05) is 0 Å². The third kappa shape index (κ3) is 2.68. The zero-order chi connectivity index (χ0) is 15.9. The fourth-order valence-corrected chi connectivity index (χ4v) is 3.87. The van der Waals surface area contributed by atoms with Gasteiger partial charge in [0.25, 0.3) is 10.0 Å². The van der Waals surface area contributed by atoms with Crippen LogP contribution in [0, 0.1) is 0 Å². The van der Waals surface area contributed by atoms with Crippen LogP contribution in [0.5, 0.6) is 11.5 Å². The first-order valence-corrected chi connectivity index (χ1v) is 8.89. The van der Waals surface area contributed by atoms with Crippen molar-refractivity contribution in [3.63, 3.8) is 0 Å². The van der Waals surface area contributed by atoms with E-state index in [2.05, 4.69) is 10.0 Å². The minimum atomic E-state index is -3.64. The number of ether oxygens (including phenoxy) is 2. The minimum absolute atomic E-state index is 0.259. The Hall–Kier alpha value is -2.41. The summed E-state index contributed by atoms with van der Waals surface area (Å²) in [5.41, 5.74) is 2.48. The highest BCUT2D eigenvalue weighted by Crippen LogP contribution is 2.33. The molecule has 2 aromatic carbocycles. The average Bonchev–Trinajstić information content (AvgIpc) is 3.02. The van der Waals surface area contributed by atoms with Crippen LogP contribution in [0.1, 0.15) is 5.56 Å². The molecule has 2 aliphatic heterocycles. The molecule has 4 rings (SSSR count). The summed E-state index contributed by atoms with van der Waals surface area (Å²) >= 11 is 0. The molecule has 6 nitrogen and oxygen atoms in total. The van der Waals surface area contributed by atoms with Crippen molar-refractivity contribution in [1.82, 2.24) is 0 Å². The molecule has 2 aliphatic rings. The quantitative estimate of drug-likeness (QED) is 0.901. The normalized spacial score (nSPS) is 15.7. The third-order valence-corrected chi connectivity index (χ3v) is 5.27. The van der Waals surface area contributed by atoms with E-state index < -0.39 is 10.0 Å². The molecule has 0 fully saturated rings. The first-order valence-electron chi connectivity index (χ1n) is 7.41. The van der Waals surface area contributed by atoms with Gasteiger partial charge in [-0.2, -0.15) is 0 Å². The lowest BCUT2D eigenvalue weighted by Crippen LogP contribution is -2.16. The molecule has 120 valence electrons. The number of fused-ring (bicyclic) bond motifs is 2. The molecule has 2 heterocycles. The molecule has 0 aliphatic carbocycles. The lowest BCUT2D eigenvalue weighted by molar-refractivity contribution is 0.171. The molecule has 0 radical (unpaired) electrons. The summed E-state index contributed by atoms with van der Waals surface area (Å²) in [6.45, 7) is 1.80. The fourth-order valence-electron chi connectivity index (χ4n) is 2.77. The van der Waals surface area contributed by atoms with Crippen LogP contribution in [0.3, 0.4) is 0 Å². The Morgan fingerprint density at radius 2 is 1.83 bits per heavy atom. The van der Waals surface area contributed by atoms with Gasteiger partial charge >= 0.3 is 0 Å². The number of rotatable bonds is 3. The lowest BCUT2D eigenvalue weighted by Gasteiger charge is -2.19.